The molecule has 0 spiro atoms. The second kappa shape index (κ2) is 6.16. The Morgan fingerprint density at radius 2 is 1.71 bits per heavy atom. The summed E-state index contributed by atoms with van der Waals surface area (Å²) < 4.78 is 26.9. The van der Waals surface area contributed by atoms with Gasteiger partial charge in [0.2, 0.25) is 0 Å². The minimum atomic E-state index is -3.46. The Bertz CT molecular complexity index is 1250. The average molecular weight is 413 g/mol. The highest BCUT2D eigenvalue weighted by Gasteiger charge is 2.50. The van der Waals surface area contributed by atoms with Crippen LogP contribution >= 0.6 is 11.3 Å². The number of allylic oxidation sites excluding steroid dienone is 1. The number of hydrogen-bond acceptors (Lipinski definition) is 4. The largest absolute Gasteiger partial charge is 0.362 e. The van der Waals surface area contributed by atoms with Crippen molar-refractivity contribution < 1.29 is 8.42 Å². The van der Waals surface area contributed by atoms with Crippen molar-refractivity contribution in [2.24, 2.45) is 0 Å². The van der Waals surface area contributed by atoms with Crippen molar-refractivity contribution in [1.82, 2.24) is 5.32 Å². The van der Waals surface area contributed by atoms with Crippen LogP contribution in [0.3, 0.4) is 0 Å². The van der Waals surface area contributed by atoms with Crippen LogP contribution in [0.1, 0.15) is 38.8 Å². The molecule has 1 aliphatic rings. The smallest absolute Gasteiger partial charge is 0.165 e. The SMILES string of the molecule is C/C=C\c1ccc2sc3ccc([C@]4(C)CS(=O)(=O)C(C)(C)C(=N)N4)cc3c2c1. The van der Waals surface area contributed by atoms with Crippen molar-refractivity contribution in [2.75, 3.05) is 5.75 Å². The first-order valence-electron chi connectivity index (χ1n) is 9.26. The van der Waals surface area contributed by atoms with E-state index in [2.05, 4.69) is 41.7 Å². The van der Waals surface area contributed by atoms with E-state index in [1.165, 1.54) is 14.8 Å². The molecule has 0 unspecified atom stereocenters. The molecule has 2 aromatic carbocycles. The third kappa shape index (κ3) is 2.78. The zero-order valence-corrected chi connectivity index (χ0v) is 18.1. The Hall–Kier alpha value is -2.18. The van der Waals surface area contributed by atoms with Crippen molar-refractivity contribution in [3.63, 3.8) is 0 Å². The van der Waals surface area contributed by atoms with Gasteiger partial charge in [-0.15, -0.1) is 11.3 Å². The third-order valence-corrected chi connectivity index (χ3v) is 9.62. The summed E-state index contributed by atoms with van der Waals surface area (Å²) in [5, 5.41) is 13.8. The van der Waals surface area contributed by atoms with Gasteiger partial charge in [-0.3, -0.25) is 5.41 Å². The number of amidine groups is 1. The third-order valence-electron chi connectivity index (χ3n) is 5.75. The predicted octanol–water partition coefficient (Wildman–Crippen LogP) is 5.08. The normalized spacial score (nSPS) is 24.1. The molecule has 0 aliphatic carbocycles. The highest BCUT2D eigenvalue weighted by molar-refractivity contribution is 7.93. The molecule has 4 rings (SSSR count). The van der Waals surface area contributed by atoms with Gasteiger partial charge in [-0.25, -0.2) is 8.42 Å². The predicted molar refractivity (Wildman–Crippen MR) is 120 cm³/mol. The molecule has 28 heavy (non-hydrogen) atoms. The molecule has 1 atom stereocenters. The number of nitrogens with one attached hydrogen (secondary N) is 2. The summed E-state index contributed by atoms with van der Waals surface area (Å²) >= 11 is 1.74. The quantitative estimate of drug-likeness (QED) is 0.617. The maximum absolute atomic E-state index is 12.9. The minimum Gasteiger partial charge on any atom is -0.362 e. The molecule has 0 bridgehead atoms. The van der Waals surface area contributed by atoms with Gasteiger partial charge in [0.25, 0.3) is 0 Å². The van der Waals surface area contributed by atoms with Crippen LogP contribution in [0.5, 0.6) is 0 Å². The molecule has 1 saturated heterocycles. The fourth-order valence-electron chi connectivity index (χ4n) is 3.77. The molecule has 1 fully saturated rings. The van der Waals surface area contributed by atoms with Crippen molar-refractivity contribution in [2.45, 2.75) is 38.0 Å². The van der Waals surface area contributed by atoms with E-state index in [9.17, 15) is 8.42 Å². The van der Waals surface area contributed by atoms with Crippen molar-refractivity contribution in [1.29, 1.82) is 5.41 Å². The topological polar surface area (TPSA) is 70.0 Å². The van der Waals surface area contributed by atoms with Gasteiger partial charge in [0.15, 0.2) is 9.84 Å². The first-order chi connectivity index (χ1) is 13.1. The summed E-state index contributed by atoms with van der Waals surface area (Å²) in [6.07, 6.45) is 4.10. The fourth-order valence-corrected chi connectivity index (χ4v) is 6.56. The van der Waals surface area contributed by atoms with E-state index < -0.39 is 20.1 Å². The zero-order valence-electron chi connectivity index (χ0n) is 16.5. The molecular weight excluding hydrogens is 388 g/mol. The standard InChI is InChI=1S/C22H24N2O2S2/c1-5-6-14-7-9-18-16(11-14)17-12-15(8-10-19(17)27-18)22(4)13-28(25,26)21(2,3)20(23)24-22/h5-12H,13H2,1-4H3,(H2,23,24)/b6-5-/t22-/m0/s1. The van der Waals surface area contributed by atoms with E-state index in [0.717, 1.165) is 16.5 Å². The highest BCUT2D eigenvalue weighted by atomic mass is 32.2. The van der Waals surface area contributed by atoms with Crippen LogP contribution in [0, 0.1) is 5.41 Å². The molecule has 0 radical (unpaired) electrons. The van der Waals surface area contributed by atoms with E-state index in [1.807, 2.05) is 26.0 Å². The van der Waals surface area contributed by atoms with Crippen molar-refractivity contribution in [3.05, 3.63) is 53.6 Å². The Morgan fingerprint density at radius 1 is 1.07 bits per heavy atom. The number of rotatable bonds is 2. The lowest BCUT2D eigenvalue weighted by molar-refractivity contribution is 0.443. The lowest BCUT2D eigenvalue weighted by Gasteiger charge is -2.43. The molecule has 0 amide bonds. The number of thiophene rings is 1. The van der Waals surface area contributed by atoms with Gasteiger partial charge < -0.3 is 5.32 Å². The van der Waals surface area contributed by atoms with E-state index >= 15 is 0 Å². The number of fused-ring (bicyclic) bond motifs is 3. The highest BCUT2D eigenvalue weighted by Crippen LogP contribution is 2.39. The van der Waals surface area contributed by atoms with Crippen LogP contribution in [0.4, 0.5) is 0 Å². The Balaban J connectivity index is 1.88. The first-order valence-corrected chi connectivity index (χ1v) is 11.7. The van der Waals surface area contributed by atoms with Gasteiger partial charge in [-0.2, -0.15) is 0 Å². The maximum atomic E-state index is 12.9. The summed E-state index contributed by atoms with van der Waals surface area (Å²) in [5.41, 5.74) is 1.21. The van der Waals surface area contributed by atoms with Gasteiger partial charge >= 0.3 is 0 Å². The second-order valence-electron chi connectivity index (χ2n) is 8.17. The number of hydrogen-bond donors (Lipinski definition) is 2. The minimum absolute atomic E-state index is 0.0349. The maximum Gasteiger partial charge on any atom is 0.165 e. The molecule has 6 heteroatoms. The van der Waals surface area contributed by atoms with Crippen LogP contribution in [0.2, 0.25) is 0 Å². The van der Waals surface area contributed by atoms with Crippen LogP contribution in [0.15, 0.2) is 42.5 Å². The summed E-state index contributed by atoms with van der Waals surface area (Å²) in [6.45, 7) is 7.06. The van der Waals surface area contributed by atoms with E-state index in [-0.39, 0.29) is 11.6 Å². The van der Waals surface area contributed by atoms with Gasteiger partial charge in [0.1, 0.15) is 10.6 Å². The summed E-state index contributed by atoms with van der Waals surface area (Å²) in [6, 6.07) is 12.6. The zero-order chi connectivity index (χ0) is 20.3. The lowest BCUT2D eigenvalue weighted by atomic mass is 9.91. The summed E-state index contributed by atoms with van der Waals surface area (Å²) in [4.78, 5) is 0. The summed E-state index contributed by atoms with van der Waals surface area (Å²) in [7, 11) is -3.46. The van der Waals surface area contributed by atoms with Gasteiger partial charge in [-0.1, -0.05) is 24.3 Å². The molecule has 4 nitrogen and oxygen atoms in total. The van der Waals surface area contributed by atoms with Crippen molar-refractivity contribution >= 4 is 53.3 Å². The average Bonchev–Trinajstić information content (AvgIpc) is 2.97. The van der Waals surface area contributed by atoms with Crippen molar-refractivity contribution in [3.8, 4) is 0 Å². The molecular formula is C22H24N2O2S2. The molecule has 3 aromatic rings. The molecule has 1 aromatic heterocycles. The Morgan fingerprint density at radius 3 is 2.36 bits per heavy atom. The van der Waals surface area contributed by atoms with Gasteiger partial charge in [0, 0.05) is 20.2 Å². The van der Waals surface area contributed by atoms with Gasteiger partial charge in [-0.05, 0) is 63.1 Å². The Labute approximate surface area is 169 Å². The van der Waals surface area contributed by atoms with Crippen LogP contribution in [-0.2, 0) is 15.4 Å². The number of sulfone groups is 1. The first kappa shape index (κ1) is 19.2. The van der Waals surface area contributed by atoms with E-state index in [0.29, 0.717) is 0 Å². The Kier molecular flexibility index (Phi) is 4.21. The second-order valence-corrected chi connectivity index (χ2v) is 11.8. The van der Waals surface area contributed by atoms with Crippen LogP contribution in [-0.4, -0.2) is 24.8 Å². The molecule has 1 aliphatic heterocycles. The van der Waals surface area contributed by atoms with E-state index in [4.69, 9.17) is 5.41 Å². The van der Waals surface area contributed by atoms with Crippen LogP contribution < -0.4 is 5.32 Å². The lowest BCUT2D eigenvalue weighted by Crippen LogP contribution is -2.63. The molecule has 2 N–H and O–H groups in total. The van der Waals surface area contributed by atoms with Crippen LogP contribution in [0.25, 0.3) is 26.2 Å². The molecule has 0 saturated carbocycles. The summed E-state index contributed by atoms with van der Waals surface area (Å²) in [5.74, 6) is 0.0131. The fraction of sp³-hybridized carbons (Fsp3) is 0.318. The molecule has 146 valence electrons. The van der Waals surface area contributed by atoms with E-state index in [1.54, 1.807) is 25.2 Å². The molecule has 2 heterocycles. The van der Waals surface area contributed by atoms with Gasteiger partial charge in [0.05, 0.1) is 11.3 Å². The monoisotopic (exact) mass is 412 g/mol. The number of benzene rings is 2.